The van der Waals surface area contributed by atoms with Crippen molar-refractivity contribution in [2.45, 2.75) is 38.1 Å². The number of carbonyl (C=O) groups excluding carboxylic acids is 1. The minimum absolute atomic E-state index is 0. The predicted octanol–water partition coefficient (Wildman–Crippen LogP) is 3.20. The van der Waals surface area contributed by atoms with E-state index in [1.54, 1.807) is 7.05 Å². The molecule has 1 saturated heterocycles. The highest BCUT2D eigenvalue weighted by Gasteiger charge is 2.24. The summed E-state index contributed by atoms with van der Waals surface area (Å²) in [6.45, 7) is 3.49. The van der Waals surface area contributed by atoms with Gasteiger partial charge in [0, 0.05) is 57.6 Å². The lowest BCUT2D eigenvalue weighted by Gasteiger charge is -2.33. The van der Waals surface area contributed by atoms with Crippen LogP contribution in [0.15, 0.2) is 53.7 Å². The van der Waals surface area contributed by atoms with E-state index in [1.165, 1.54) is 5.56 Å². The minimum Gasteiger partial charge on any atom is -0.356 e. The lowest BCUT2D eigenvalue weighted by Crippen LogP contribution is -2.49. The van der Waals surface area contributed by atoms with Gasteiger partial charge in [-0.2, -0.15) is 0 Å². The fourth-order valence-corrected chi connectivity index (χ4v) is 4.36. The second-order valence-electron chi connectivity index (χ2n) is 8.12. The van der Waals surface area contributed by atoms with Gasteiger partial charge in [-0.25, -0.2) is 4.98 Å². The van der Waals surface area contributed by atoms with Crippen molar-refractivity contribution < 1.29 is 4.79 Å². The molecule has 0 bridgehead atoms. The zero-order chi connectivity index (χ0) is 21.5. The molecule has 0 unspecified atom stereocenters. The Bertz CT molecular complexity index is 898. The van der Waals surface area contributed by atoms with Crippen LogP contribution in [-0.4, -0.2) is 56.1 Å². The number of aliphatic imine (C=N–C) groups is 1. The maximum absolute atomic E-state index is 12.6. The van der Waals surface area contributed by atoms with Crippen molar-refractivity contribution in [1.29, 1.82) is 0 Å². The third kappa shape index (κ3) is 6.11. The predicted molar refractivity (Wildman–Crippen MR) is 141 cm³/mol. The molecule has 1 aromatic carbocycles. The molecule has 8 heteroatoms. The molecule has 2 aliphatic heterocycles. The van der Waals surface area contributed by atoms with Crippen LogP contribution >= 0.6 is 24.0 Å². The van der Waals surface area contributed by atoms with E-state index >= 15 is 0 Å². The Morgan fingerprint density at radius 2 is 1.91 bits per heavy atom. The molecule has 7 nitrogen and oxygen atoms in total. The highest BCUT2D eigenvalue weighted by Crippen LogP contribution is 2.28. The highest BCUT2D eigenvalue weighted by atomic mass is 127. The monoisotopic (exact) mass is 548 g/mol. The Kier molecular flexibility index (Phi) is 9.13. The van der Waals surface area contributed by atoms with Gasteiger partial charge in [-0.05, 0) is 49.4 Å². The number of para-hydroxylation sites is 1. The van der Waals surface area contributed by atoms with Crippen LogP contribution in [0.4, 0.5) is 11.5 Å². The summed E-state index contributed by atoms with van der Waals surface area (Å²) in [5.41, 5.74) is 2.35. The number of amides is 1. The number of anilines is 2. The summed E-state index contributed by atoms with van der Waals surface area (Å²) in [6.07, 6.45) is 6.22. The molecule has 1 amide bonds. The standard InChI is InChI=1S/C24H32N6O.HI/c1-25-24(28-20-12-16-29(17-13-20)22-9-4-5-14-26-22)27-15-6-10-23(31)30-18-11-19-7-2-3-8-21(19)30;/h2-5,7-9,14,20H,6,10-13,15-18H2,1H3,(H2,25,27,28);1H. The lowest BCUT2D eigenvalue weighted by atomic mass is 10.1. The van der Waals surface area contributed by atoms with Crippen LogP contribution in [0.3, 0.4) is 0 Å². The summed E-state index contributed by atoms with van der Waals surface area (Å²) in [6, 6.07) is 14.6. The number of rotatable bonds is 6. The van der Waals surface area contributed by atoms with Gasteiger partial charge in [0.2, 0.25) is 5.91 Å². The number of nitrogens with zero attached hydrogens (tertiary/aromatic N) is 4. The second-order valence-corrected chi connectivity index (χ2v) is 8.12. The fourth-order valence-electron chi connectivity index (χ4n) is 4.36. The summed E-state index contributed by atoms with van der Waals surface area (Å²) in [7, 11) is 1.80. The van der Waals surface area contributed by atoms with Gasteiger partial charge in [-0.15, -0.1) is 24.0 Å². The van der Waals surface area contributed by atoms with E-state index in [-0.39, 0.29) is 29.9 Å². The number of hydrogen-bond acceptors (Lipinski definition) is 4. The number of aromatic nitrogens is 1. The van der Waals surface area contributed by atoms with E-state index < -0.39 is 0 Å². The first kappa shape index (κ1) is 24.3. The number of benzene rings is 1. The normalized spacial score (nSPS) is 16.3. The average Bonchev–Trinajstić information content (AvgIpc) is 3.26. The number of hydrogen-bond donors (Lipinski definition) is 2. The first-order valence-corrected chi connectivity index (χ1v) is 11.3. The number of piperidine rings is 1. The quantitative estimate of drug-likeness (QED) is 0.251. The molecule has 32 heavy (non-hydrogen) atoms. The Labute approximate surface area is 207 Å². The van der Waals surface area contributed by atoms with E-state index in [1.807, 2.05) is 41.4 Å². The van der Waals surface area contributed by atoms with E-state index in [9.17, 15) is 4.79 Å². The first-order chi connectivity index (χ1) is 15.2. The topological polar surface area (TPSA) is 72.9 Å². The summed E-state index contributed by atoms with van der Waals surface area (Å²) >= 11 is 0. The molecule has 0 spiro atoms. The summed E-state index contributed by atoms with van der Waals surface area (Å²) < 4.78 is 0. The van der Waals surface area contributed by atoms with Gasteiger partial charge in [0.05, 0.1) is 0 Å². The summed E-state index contributed by atoms with van der Waals surface area (Å²) in [4.78, 5) is 25.7. The van der Waals surface area contributed by atoms with Gasteiger partial charge < -0.3 is 20.4 Å². The maximum atomic E-state index is 12.6. The number of halogens is 1. The van der Waals surface area contributed by atoms with Gasteiger partial charge in [0.15, 0.2) is 5.96 Å². The minimum atomic E-state index is 0. The van der Waals surface area contributed by atoms with Crippen molar-refractivity contribution in [2.24, 2.45) is 4.99 Å². The SMILES string of the molecule is CN=C(NCCCC(=O)N1CCc2ccccc21)NC1CCN(c2ccccn2)CC1.I. The Balaban J connectivity index is 0.00000289. The average molecular weight is 548 g/mol. The van der Waals surface area contributed by atoms with Crippen molar-refractivity contribution in [3.05, 3.63) is 54.2 Å². The zero-order valence-electron chi connectivity index (χ0n) is 18.7. The highest BCUT2D eigenvalue weighted by molar-refractivity contribution is 14.0. The molecule has 2 N–H and O–H groups in total. The molecule has 2 aliphatic rings. The van der Waals surface area contributed by atoms with Crippen molar-refractivity contribution >= 4 is 47.3 Å². The third-order valence-corrected chi connectivity index (χ3v) is 6.08. The third-order valence-electron chi connectivity index (χ3n) is 6.08. The number of nitrogens with one attached hydrogen (secondary N) is 2. The molecule has 3 heterocycles. The molecule has 4 rings (SSSR count). The van der Waals surface area contributed by atoms with Crippen molar-refractivity contribution in [3.8, 4) is 0 Å². The van der Waals surface area contributed by atoms with Crippen LogP contribution in [0.1, 0.15) is 31.2 Å². The molecule has 0 aliphatic carbocycles. The van der Waals surface area contributed by atoms with E-state index in [0.29, 0.717) is 12.5 Å². The number of guanidine groups is 1. The number of fused-ring (bicyclic) bond motifs is 1. The molecule has 0 atom stereocenters. The van der Waals surface area contributed by atoms with Gasteiger partial charge in [-0.3, -0.25) is 9.79 Å². The van der Waals surface area contributed by atoms with Gasteiger partial charge >= 0.3 is 0 Å². The van der Waals surface area contributed by atoms with Crippen LogP contribution in [-0.2, 0) is 11.2 Å². The van der Waals surface area contributed by atoms with Crippen LogP contribution in [0.25, 0.3) is 0 Å². The molecule has 1 aromatic heterocycles. The van der Waals surface area contributed by atoms with E-state index in [4.69, 9.17) is 0 Å². The van der Waals surface area contributed by atoms with Crippen LogP contribution in [0, 0.1) is 0 Å². The van der Waals surface area contributed by atoms with Crippen molar-refractivity contribution in [3.63, 3.8) is 0 Å². The first-order valence-electron chi connectivity index (χ1n) is 11.3. The largest absolute Gasteiger partial charge is 0.356 e. The van der Waals surface area contributed by atoms with Crippen molar-refractivity contribution in [2.75, 3.05) is 43.0 Å². The Morgan fingerprint density at radius 3 is 2.66 bits per heavy atom. The Hall–Kier alpha value is -2.36. The van der Waals surface area contributed by atoms with Crippen molar-refractivity contribution in [1.82, 2.24) is 15.6 Å². The number of carbonyl (C=O) groups is 1. The Morgan fingerprint density at radius 1 is 1.12 bits per heavy atom. The molecular weight excluding hydrogens is 515 g/mol. The molecular formula is C24H33IN6O. The molecule has 172 valence electrons. The zero-order valence-corrected chi connectivity index (χ0v) is 21.0. The fraction of sp³-hybridized carbons (Fsp3) is 0.458. The van der Waals surface area contributed by atoms with Crippen LogP contribution in [0.2, 0.25) is 0 Å². The second kappa shape index (κ2) is 12.0. The van der Waals surface area contributed by atoms with Crippen LogP contribution < -0.4 is 20.4 Å². The van der Waals surface area contributed by atoms with Crippen LogP contribution in [0.5, 0.6) is 0 Å². The molecule has 1 fully saturated rings. The van der Waals surface area contributed by atoms with Gasteiger partial charge in [0.1, 0.15) is 5.82 Å². The lowest BCUT2D eigenvalue weighted by molar-refractivity contribution is -0.118. The summed E-state index contributed by atoms with van der Waals surface area (Å²) in [5.74, 6) is 2.07. The molecule has 2 aromatic rings. The van der Waals surface area contributed by atoms with E-state index in [0.717, 1.165) is 69.3 Å². The molecule has 0 saturated carbocycles. The van der Waals surface area contributed by atoms with E-state index in [2.05, 4.69) is 37.6 Å². The van der Waals surface area contributed by atoms with Gasteiger partial charge in [-0.1, -0.05) is 24.3 Å². The molecule has 0 radical (unpaired) electrons. The number of pyridine rings is 1. The summed E-state index contributed by atoms with van der Waals surface area (Å²) in [5, 5.41) is 6.90. The van der Waals surface area contributed by atoms with Gasteiger partial charge in [0.25, 0.3) is 0 Å². The maximum Gasteiger partial charge on any atom is 0.227 e. The smallest absolute Gasteiger partial charge is 0.227 e.